The number of carbonyl (C=O) groups excluding carboxylic acids is 9. The molecule has 5 amide bonds. The van der Waals surface area contributed by atoms with Crippen molar-refractivity contribution >= 4 is 58.5 Å². The fourth-order valence-corrected chi connectivity index (χ4v) is 15.6. The molecule has 12 atom stereocenters. The first-order valence-corrected chi connectivity index (χ1v) is 36.0. The van der Waals surface area contributed by atoms with Crippen molar-refractivity contribution in [2.45, 2.75) is 173 Å². The van der Waals surface area contributed by atoms with Crippen molar-refractivity contribution < 1.29 is 94.9 Å². The number of urea groups is 1. The Kier molecular flexibility index (Phi) is 28.2. The summed E-state index contributed by atoms with van der Waals surface area (Å²) in [5.41, 5.74) is 2.92. The smallest absolute Gasteiger partial charge is 0.312 e. The maximum absolute atomic E-state index is 17.9. The molecule has 0 aromatic heterocycles. The zero-order valence-electron chi connectivity index (χ0n) is 59.6. The number of ether oxygens (including phenoxy) is 8. The number of primary amides is 1. The van der Waals surface area contributed by atoms with Gasteiger partial charge in [-0.1, -0.05) is 107 Å². The Morgan fingerprint density at radius 1 is 0.777 bits per heavy atom. The predicted molar refractivity (Wildman–Crippen MR) is 374 cm³/mol. The van der Waals surface area contributed by atoms with Crippen LogP contribution >= 0.6 is 0 Å². The molecule has 2 heterocycles. The molecule has 23 nitrogen and oxygen atoms in total. The van der Waals surface area contributed by atoms with Gasteiger partial charge in [0.2, 0.25) is 17.7 Å². The number of alkyl halides is 2. The Balaban J connectivity index is 0.631. The zero-order valence-corrected chi connectivity index (χ0v) is 59.6. The molecule has 4 aliphatic carbocycles. The second-order valence-corrected chi connectivity index (χ2v) is 28.2. The molecule has 3 aromatic carbocycles. The first-order chi connectivity index (χ1) is 49.4. The molecular weight excluding hydrogens is 1330 g/mol. The third-order valence-corrected chi connectivity index (χ3v) is 21.1. The molecule has 9 rings (SSSR count). The van der Waals surface area contributed by atoms with Crippen molar-refractivity contribution in [3.63, 3.8) is 0 Å². The molecule has 1 saturated heterocycles. The van der Waals surface area contributed by atoms with Crippen LogP contribution in [0, 0.1) is 46.3 Å². The van der Waals surface area contributed by atoms with Gasteiger partial charge in [-0.3, -0.25) is 38.4 Å². The lowest BCUT2D eigenvalue weighted by molar-refractivity contribution is -0.235. The summed E-state index contributed by atoms with van der Waals surface area (Å²) in [6, 6.07) is 20.3. The molecule has 2 aliphatic heterocycles. The number of aliphatic hydroxyl groups excluding tert-OH is 1. The number of ketones is 4. The number of halogens is 2. The van der Waals surface area contributed by atoms with Crippen LogP contribution in [0.2, 0.25) is 0 Å². The van der Waals surface area contributed by atoms with Crippen molar-refractivity contribution in [1.82, 2.24) is 16.0 Å². The summed E-state index contributed by atoms with van der Waals surface area (Å²) in [6.45, 7) is 10.9. The van der Waals surface area contributed by atoms with Crippen LogP contribution in [0.3, 0.4) is 0 Å². The topological polar surface area (TPSA) is 313 Å². The lowest BCUT2D eigenvalue weighted by Crippen LogP contribution is -2.71. The van der Waals surface area contributed by atoms with E-state index in [9.17, 15) is 48.3 Å². The van der Waals surface area contributed by atoms with Crippen molar-refractivity contribution in [1.29, 1.82) is 0 Å². The van der Waals surface area contributed by atoms with Crippen LogP contribution in [-0.4, -0.2) is 179 Å². The SMILES string of the molecule is CCCC1O[C@@H]2C[C@H]3[C@@H]4C[C@H](F)C5=CC(=O)C=C[C@]5(C)[C@@]4(F)[C@@H](O)C[C@]3(C)[C@]2(C(=O)COCCC(=O)OCc2ccc(CC(=O)[C@H](CCCNC(N)=O)NC(=O)[C@@H](CC(=O)CCOCCOCCOCCOCCNC(=O)CCC(=O)N3Cc4ccccc4C#Cc4ccccc43)C(C)C)cc2)O1. The van der Waals surface area contributed by atoms with Crippen molar-refractivity contribution in [2.75, 3.05) is 84.1 Å². The zero-order chi connectivity index (χ0) is 73.9. The fraction of sp³-hybridized carbons (Fsp3) is 0.577. The molecule has 25 heteroatoms. The molecule has 3 saturated carbocycles. The largest absolute Gasteiger partial charge is 0.461 e. The summed E-state index contributed by atoms with van der Waals surface area (Å²) in [5, 5.41) is 20.1. The van der Waals surface area contributed by atoms with Crippen LogP contribution in [0.4, 0.5) is 19.3 Å². The predicted octanol–water partition coefficient (Wildman–Crippen LogP) is 7.49. The molecule has 103 heavy (non-hydrogen) atoms. The van der Waals surface area contributed by atoms with Crippen LogP contribution in [0.1, 0.15) is 139 Å². The quantitative estimate of drug-likeness (QED) is 0.0209. The molecule has 3 aromatic rings. The first-order valence-electron chi connectivity index (χ1n) is 36.0. The van der Waals surface area contributed by atoms with Crippen LogP contribution in [0.15, 0.2) is 96.6 Å². The van der Waals surface area contributed by atoms with Gasteiger partial charge >= 0.3 is 12.0 Å². The molecule has 0 radical (unpaired) electrons. The molecule has 4 fully saturated rings. The van der Waals surface area contributed by atoms with E-state index < -0.39 is 107 Å². The average molecular weight is 1430 g/mol. The third-order valence-electron chi connectivity index (χ3n) is 21.1. The molecule has 6 N–H and O–H groups in total. The summed E-state index contributed by atoms with van der Waals surface area (Å²) in [4.78, 5) is 120. The van der Waals surface area contributed by atoms with E-state index in [2.05, 4.69) is 27.8 Å². The minimum absolute atomic E-state index is 0.0000414. The number of hydrogen-bond donors (Lipinski definition) is 5. The van der Waals surface area contributed by atoms with E-state index >= 15 is 8.78 Å². The number of esters is 1. The number of rotatable bonds is 40. The summed E-state index contributed by atoms with van der Waals surface area (Å²) in [7, 11) is 0. The summed E-state index contributed by atoms with van der Waals surface area (Å²) in [5.74, 6) is 0.709. The van der Waals surface area contributed by atoms with Gasteiger partial charge in [-0.25, -0.2) is 13.6 Å². The number of benzene rings is 3. The van der Waals surface area contributed by atoms with Gasteiger partial charge in [-0.05, 0) is 110 Å². The number of fused-ring (bicyclic) bond motifs is 9. The maximum atomic E-state index is 17.9. The van der Waals surface area contributed by atoms with E-state index in [-0.39, 0.29) is 152 Å². The van der Waals surface area contributed by atoms with E-state index in [1.54, 1.807) is 36.1 Å². The third kappa shape index (κ3) is 19.1. The number of nitrogens with one attached hydrogen (secondary N) is 3. The van der Waals surface area contributed by atoms with Crippen molar-refractivity contribution in [3.05, 3.63) is 124 Å². The molecular formula is C78H99F2N5O18. The Bertz CT molecular complexity index is 3650. The van der Waals surface area contributed by atoms with Gasteiger partial charge in [0.15, 0.2) is 34.9 Å². The standard InChI is InChI=1S/C78H99F2N5O18/c1-6-12-72-102-68-45-59-60-44-62(79)61-43-56(86)26-29-75(61,4)77(60,80)66(89)46-76(59,5)78(68,103-72)67(90)49-100-33-28-71(93)101-48-52-20-18-51(19-21-52)41-65(88)63(16-11-30-83-74(81)95)84-73(94)58(50(2)3)42-57(87)27-32-96-35-37-98-39-40-99-38-36-97-34-31-82-69(91)24-25-70(92)85-47-55-15-8-7-13-53(55)22-23-54-14-9-10-17-64(54)85/h7-10,13-15,17-21,26,29,43,50,58-60,62-63,66,68,72,89H,6,11-12,16,24-25,27-28,30-42,44-49H2,1-5H3,(H,82,91)(H,84,94)(H3,81,83,95)/t58-,59-,60-,62-,63-,66-,68+,72?,75-,76-,77-,78+/m0/s1. The monoisotopic (exact) mass is 1430 g/mol. The van der Waals surface area contributed by atoms with E-state index in [1.807, 2.05) is 69.3 Å². The summed E-state index contributed by atoms with van der Waals surface area (Å²) < 4.78 is 80.7. The highest BCUT2D eigenvalue weighted by Crippen LogP contribution is 2.72. The molecule has 0 spiro atoms. The Labute approximate surface area is 600 Å². The van der Waals surface area contributed by atoms with Gasteiger partial charge in [0, 0.05) is 79.0 Å². The van der Waals surface area contributed by atoms with E-state index in [0.717, 1.165) is 22.8 Å². The number of para-hydroxylation sites is 1. The highest BCUT2D eigenvalue weighted by atomic mass is 19.1. The number of allylic oxidation sites excluding steroid dienone is 4. The number of hydrogen-bond acceptors (Lipinski definition) is 18. The second kappa shape index (κ2) is 36.7. The number of carbonyl (C=O) groups is 9. The molecule has 558 valence electrons. The number of anilines is 1. The fourth-order valence-electron chi connectivity index (χ4n) is 15.6. The van der Waals surface area contributed by atoms with Crippen LogP contribution in [-0.2, 0) is 95.8 Å². The lowest BCUT2D eigenvalue weighted by atomic mass is 9.44. The number of aliphatic hydroxyl groups is 1. The van der Waals surface area contributed by atoms with Gasteiger partial charge in [-0.15, -0.1) is 0 Å². The molecule has 0 bridgehead atoms. The highest BCUT2D eigenvalue weighted by molar-refractivity contribution is 6.01. The van der Waals surface area contributed by atoms with E-state index in [4.69, 9.17) is 43.6 Å². The molecule has 6 aliphatic rings. The minimum atomic E-state index is -2.36. The summed E-state index contributed by atoms with van der Waals surface area (Å²) >= 11 is 0. The lowest BCUT2D eigenvalue weighted by Gasteiger charge is -2.63. The van der Waals surface area contributed by atoms with E-state index in [0.29, 0.717) is 69.0 Å². The number of amides is 5. The van der Waals surface area contributed by atoms with Crippen LogP contribution in [0.5, 0.6) is 0 Å². The van der Waals surface area contributed by atoms with Gasteiger partial charge in [0.05, 0.1) is 96.4 Å². The van der Waals surface area contributed by atoms with Gasteiger partial charge in [0.1, 0.15) is 25.2 Å². The second-order valence-electron chi connectivity index (χ2n) is 28.2. The molecule has 1 unspecified atom stereocenters. The Hall–Kier alpha value is -7.93. The average Bonchev–Trinajstić information content (AvgIpc) is 1.57. The normalized spacial score (nSPS) is 25.5. The number of nitrogens with two attached hydrogens (primary N) is 1. The van der Waals surface area contributed by atoms with Gasteiger partial charge in [-0.2, -0.15) is 0 Å². The number of nitrogens with zero attached hydrogens (tertiary/aromatic N) is 1. The highest BCUT2D eigenvalue weighted by Gasteiger charge is 2.80. The Morgan fingerprint density at radius 2 is 1.44 bits per heavy atom. The minimum Gasteiger partial charge on any atom is -0.461 e. The van der Waals surface area contributed by atoms with Gasteiger partial charge in [0.25, 0.3) is 0 Å². The Morgan fingerprint density at radius 3 is 2.15 bits per heavy atom. The number of Topliss-reactive ketones (excluding diaryl/α,β-unsaturated/α-hetero) is 3. The van der Waals surface area contributed by atoms with Crippen LogP contribution in [0.25, 0.3) is 0 Å². The maximum Gasteiger partial charge on any atom is 0.312 e. The van der Waals surface area contributed by atoms with Crippen molar-refractivity contribution in [3.8, 4) is 11.8 Å². The van der Waals surface area contributed by atoms with Crippen molar-refractivity contribution in [2.24, 2.45) is 40.2 Å². The van der Waals surface area contributed by atoms with E-state index in [1.165, 1.54) is 19.1 Å². The van der Waals surface area contributed by atoms with Gasteiger partial charge < -0.3 is 69.6 Å². The van der Waals surface area contributed by atoms with Crippen LogP contribution < -0.4 is 26.6 Å². The summed E-state index contributed by atoms with van der Waals surface area (Å²) in [6.07, 6.45) is -0.140. The first kappa shape index (κ1) is 79.2.